The Balaban J connectivity index is 2.16. The minimum atomic E-state index is -0.0396. The molecular weight excluding hydrogens is 218 g/mol. The first-order chi connectivity index (χ1) is 8.22. The van der Waals surface area contributed by atoms with Crippen LogP contribution in [0, 0.1) is 0 Å². The minimum absolute atomic E-state index is 0.0209. The molecule has 0 radical (unpaired) electrons. The molecule has 0 aliphatic heterocycles. The summed E-state index contributed by atoms with van der Waals surface area (Å²) in [7, 11) is 1.68. The van der Waals surface area contributed by atoms with Crippen molar-refractivity contribution in [3.63, 3.8) is 0 Å². The minimum Gasteiger partial charge on any atom is -0.395 e. The van der Waals surface area contributed by atoms with E-state index in [1.54, 1.807) is 13.4 Å². The summed E-state index contributed by atoms with van der Waals surface area (Å²) >= 11 is 0. The van der Waals surface area contributed by atoms with E-state index in [2.05, 4.69) is 4.98 Å². The third kappa shape index (κ3) is 2.45. The summed E-state index contributed by atoms with van der Waals surface area (Å²) in [6.45, 7) is 0.579. The van der Waals surface area contributed by atoms with Gasteiger partial charge in [0.15, 0.2) is 0 Å². The molecule has 0 bridgehead atoms. The van der Waals surface area contributed by atoms with E-state index < -0.39 is 0 Å². The van der Waals surface area contributed by atoms with Crippen molar-refractivity contribution in [1.29, 1.82) is 0 Å². The van der Waals surface area contributed by atoms with Crippen LogP contribution in [0.5, 0.6) is 0 Å². The van der Waals surface area contributed by atoms with Gasteiger partial charge in [0.2, 0.25) is 5.91 Å². The van der Waals surface area contributed by atoms with Gasteiger partial charge in [-0.3, -0.25) is 4.79 Å². The van der Waals surface area contributed by atoms with Crippen LogP contribution in [0.4, 0.5) is 0 Å². The molecule has 5 heteroatoms. The molecule has 0 saturated heterocycles. The second-order valence-corrected chi connectivity index (χ2v) is 3.90. The van der Waals surface area contributed by atoms with E-state index in [1.165, 1.54) is 4.90 Å². The highest BCUT2D eigenvalue weighted by atomic mass is 16.3. The number of imidazole rings is 1. The Morgan fingerprint density at radius 2 is 2.24 bits per heavy atom. The highest BCUT2D eigenvalue weighted by Crippen LogP contribution is 2.11. The van der Waals surface area contributed by atoms with Crippen LogP contribution in [-0.2, 0) is 11.3 Å². The highest BCUT2D eigenvalue weighted by molar-refractivity contribution is 5.80. The van der Waals surface area contributed by atoms with Crippen molar-refractivity contribution in [1.82, 2.24) is 14.5 Å². The fourth-order valence-corrected chi connectivity index (χ4v) is 1.68. The molecule has 1 amide bonds. The van der Waals surface area contributed by atoms with Gasteiger partial charge in [0, 0.05) is 13.6 Å². The van der Waals surface area contributed by atoms with Gasteiger partial charge < -0.3 is 14.6 Å². The number of nitrogens with zero attached hydrogens (tertiary/aromatic N) is 3. The number of hydrogen-bond donors (Lipinski definition) is 1. The summed E-state index contributed by atoms with van der Waals surface area (Å²) in [4.78, 5) is 17.5. The molecular formula is C12H15N3O2. The Labute approximate surface area is 99.3 Å². The SMILES string of the molecule is CN(CCO)C(=O)Cn1cnc2ccccc21. The molecule has 5 nitrogen and oxygen atoms in total. The topological polar surface area (TPSA) is 58.4 Å². The number of hydrogen-bond acceptors (Lipinski definition) is 3. The normalized spacial score (nSPS) is 10.7. The Hall–Kier alpha value is -1.88. The predicted octanol–water partition coefficient (Wildman–Crippen LogP) is 0.487. The molecule has 0 atom stereocenters. The zero-order valence-corrected chi connectivity index (χ0v) is 9.71. The third-order valence-corrected chi connectivity index (χ3v) is 2.69. The number of carbonyl (C=O) groups is 1. The van der Waals surface area contributed by atoms with E-state index in [0.29, 0.717) is 6.54 Å². The second kappa shape index (κ2) is 4.97. The van der Waals surface area contributed by atoms with Gasteiger partial charge in [-0.25, -0.2) is 4.98 Å². The van der Waals surface area contributed by atoms with Crippen LogP contribution >= 0.6 is 0 Å². The van der Waals surface area contributed by atoms with Crippen molar-refractivity contribution in [2.24, 2.45) is 0 Å². The van der Waals surface area contributed by atoms with Crippen molar-refractivity contribution < 1.29 is 9.90 Å². The van der Waals surface area contributed by atoms with Crippen molar-refractivity contribution in [3.05, 3.63) is 30.6 Å². The summed E-state index contributed by atoms with van der Waals surface area (Å²) in [5.41, 5.74) is 1.82. The van der Waals surface area contributed by atoms with Crippen LogP contribution in [0.3, 0.4) is 0 Å². The average molecular weight is 233 g/mol. The monoisotopic (exact) mass is 233 g/mol. The van der Waals surface area contributed by atoms with Gasteiger partial charge in [0.25, 0.3) is 0 Å². The second-order valence-electron chi connectivity index (χ2n) is 3.90. The Kier molecular flexibility index (Phi) is 3.39. The standard InChI is InChI=1S/C12H15N3O2/c1-14(6-7-16)12(17)8-15-9-13-10-4-2-3-5-11(10)15/h2-5,9,16H,6-8H2,1H3. The molecule has 1 N–H and O–H groups in total. The van der Waals surface area contributed by atoms with Crippen LogP contribution in [0.25, 0.3) is 11.0 Å². The van der Waals surface area contributed by atoms with Crippen molar-refractivity contribution >= 4 is 16.9 Å². The number of fused-ring (bicyclic) bond motifs is 1. The molecule has 1 aromatic carbocycles. The number of para-hydroxylation sites is 2. The number of rotatable bonds is 4. The molecule has 1 heterocycles. The maximum Gasteiger partial charge on any atom is 0.242 e. The lowest BCUT2D eigenvalue weighted by atomic mass is 10.3. The van der Waals surface area contributed by atoms with Gasteiger partial charge in [-0.2, -0.15) is 0 Å². The zero-order valence-electron chi connectivity index (χ0n) is 9.71. The van der Waals surface area contributed by atoms with E-state index in [1.807, 2.05) is 28.8 Å². The molecule has 0 spiro atoms. The number of benzene rings is 1. The number of aliphatic hydroxyl groups excluding tert-OH is 1. The molecule has 90 valence electrons. The van der Waals surface area contributed by atoms with E-state index in [4.69, 9.17) is 5.11 Å². The summed E-state index contributed by atoms with van der Waals surface area (Å²) in [5, 5.41) is 8.77. The Morgan fingerprint density at radius 1 is 1.47 bits per heavy atom. The molecule has 17 heavy (non-hydrogen) atoms. The van der Waals surface area contributed by atoms with Crippen molar-refractivity contribution in [3.8, 4) is 0 Å². The Morgan fingerprint density at radius 3 is 3.00 bits per heavy atom. The van der Waals surface area contributed by atoms with Crippen LogP contribution < -0.4 is 0 Å². The first-order valence-electron chi connectivity index (χ1n) is 5.47. The zero-order chi connectivity index (χ0) is 12.3. The lowest BCUT2D eigenvalue weighted by Crippen LogP contribution is -2.32. The van der Waals surface area contributed by atoms with Gasteiger partial charge in [0.1, 0.15) is 6.54 Å². The molecule has 0 fully saturated rings. The molecule has 0 aliphatic rings. The quantitative estimate of drug-likeness (QED) is 0.836. The molecule has 0 unspecified atom stereocenters. The Bertz CT molecular complexity index is 521. The van der Waals surface area contributed by atoms with Crippen LogP contribution in [0.1, 0.15) is 0 Å². The summed E-state index contributed by atoms with van der Waals surface area (Å²) < 4.78 is 1.81. The number of carbonyl (C=O) groups excluding carboxylic acids is 1. The van der Waals surface area contributed by atoms with E-state index >= 15 is 0 Å². The predicted molar refractivity (Wildman–Crippen MR) is 64.5 cm³/mol. The number of amides is 1. The maximum absolute atomic E-state index is 11.8. The van der Waals surface area contributed by atoms with Gasteiger partial charge >= 0.3 is 0 Å². The average Bonchev–Trinajstić information content (AvgIpc) is 2.73. The molecule has 1 aromatic heterocycles. The van der Waals surface area contributed by atoms with Crippen LogP contribution in [-0.4, -0.2) is 45.7 Å². The molecule has 2 rings (SSSR count). The van der Waals surface area contributed by atoms with E-state index in [0.717, 1.165) is 11.0 Å². The van der Waals surface area contributed by atoms with Crippen molar-refractivity contribution in [2.45, 2.75) is 6.54 Å². The smallest absolute Gasteiger partial charge is 0.242 e. The van der Waals surface area contributed by atoms with Crippen LogP contribution in [0.2, 0.25) is 0 Å². The fraction of sp³-hybridized carbons (Fsp3) is 0.333. The molecule has 0 aliphatic carbocycles. The first-order valence-corrected chi connectivity index (χ1v) is 5.47. The maximum atomic E-state index is 11.8. The van der Waals surface area contributed by atoms with Gasteiger partial charge in [-0.1, -0.05) is 12.1 Å². The highest BCUT2D eigenvalue weighted by Gasteiger charge is 2.10. The lowest BCUT2D eigenvalue weighted by molar-refractivity contribution is -0.130. The van der Waals surface area contributed by atoms with Gasteiger partial charge in [-0.05, 0) is 12.1 Å². The molecule has 0 saturated carbocycles. The number of aliphatic hydroxyl groups is 1. The van der Waals surface area contributed by atoms with E-state index in [-0.39, 0.29) is 19.1 Å². The summed E-state index contributed by atoms with van der Waals surface area (Å²) in [6, 6.07) is 7.68. The van der Waals surface area contributed by atoms with Crippen molar-refractivity contribution in [2.75, 3.05) is 20.2 Å². The van der Waals surface area contributed by atoms with Gasteiger partial charge in [0.05, 0.1) is 24.0 Å². The number of aromatic nitrogens is 2. The third-order valence-electron chi connectivity index (χ3n) is 2.69. The fourth-order valence-electron chi connectivity index (χ4n) is 1.68. The first kappa shape index (κ1) is 11.6. The van der Waals surface area contributed by atoms with Crippen LogP contribution in [0.15, 0.2) is 30.6 Å². The number of likely N-dealkylation sites (N-methyl/N-ethyl adjacent to an activating group) is 1. The largest absolute Gasteiger partial charge is 0.395 e. The lowest BCUT2D eigenvalue weighted by Gasteiger charge is -2.16. The van der Waals surface area contributed by atoms with E-state index in [9.17, 15) is 4.79 Å². The molecule has 2 aromatic rings. The summed E-state index contributed by atoms with van der Waals surface area (Å²) in [5.74, 6) is -0.0396. The summed E-state index contributed by atoms with van der Waals surface area (Å²) in [6.07, 6.45) is 1.66. The van der Waals surface area contributed by atoms with Gasteiger partial charge in [-0.15, -0.1) is 0 Å².